The molecule has 3 rings (SSSR count). The van der Waals surface area contributed by atoms with Gasteiger partial charge in [-0.25, -0.2) is 13.8 Å². The van der Waals surface area contributed by atoms with Gasteiger partial charge in [0.1, 0.15) is 21.8 Å². The molecule has 0 aliphatic heterocycles. The summed E-state index contributed by atoms with van der Waals surface area (Å²) in [6, 6.07) is 10.5. The van der Waals surface area contributed by atoms with Gasteiger partial charge in [-0.15, -0.1) is 0 Å². The Hall–Kier alpha value is -2.32. The van der Waals surface area contributed by atoms with Gasteiger partial charge in [0, 0.05) is 18.2 Å². The zero-order valence-electron chi connectivity index (χ0n) is 12.9. The highest BCUT2D eigenvalue weighted by Crippen LogP contribution is 2.13. The molecule has 4 nitrogen and oxygen atoms in total. The SMILES string of the molecule is O=c1[nH]c(CSC(=S)NCc2ccc(F)cc2F)nc2ccccc12. The Kier molecular flexibility index (Phi) is 5.40. The number of aromatic nitrogens is 2. The molecule has 128 valence electrons. The van der Waals surface area contributed by atoms with Gasteiger partial charge in [-0.2, -0.15) is 0 Å². The number of rotatable bonds is 4. The van der Waals surface area contributed by atoms with Crippen molar-refractivity contribution >= 4 is 39.2 Å². The van der Waals surface area contributed by atoms with E-state index >= 15 is 0 Å². The maximum absolute atomic E-state index is 13.6. The summed E-state index contributed by atoms with van der Waals surface area (Å²) in [7, 11) is 0. The molecule has 0 spiro atoms. The van der Waals surface area contributed by atoms with Crippen molar-refractivity contribution in [3.8, 4) is 0 Å². The molecule has 8 heteroatoms. The van der Waals surface area contributed by atoms with Crippen molar-refractivity contribution in [1.82, 2.24) is 15.3 Å². The minimum absolute atomic E-state index is 0.152. The zero-order valence-corrected chi connectivity index (χ0v) is 14.5. The summed E-state index contributed by atoms with van der Waals surface area (Å²) in [5.41, 5.74) is 0.740. The summed E-state index contributed by atoms with van der Waals surface area (Å²) < 4.78 is 26.9. The lowest BCUT2D eigenvalue weighted by atomic mass is 10.2. The van der Waals surface area contributed by atoms with E-state index in [1.54, 1.807) is 18.2 Å². The molecule has 0 atom stereocenters. The largest absolute Gasteiger partial charge is 0.367 e. The van der Waals surface area contributed by atoms with Gasteiger partial charge in [0.25, 0.3) is 5.56 Å². The molecule has 2 N–H and O–H groups in total. The van der Waals surface area contributed by atoms with Crippen molar-refractivity contribution in [2.75, 3.05) is 0 Å². The first-order chi connectivity index (χ1) is 12.0. The Morgan fingerprint density at radius 3 is 2.84 bits per heavy atom. The van der Waals surface area contributed by atoms with Crippen LogP contribution < -0.4 is 10.9 Å². The number of H-pyrrole nitrogens is 1. The van der Waals surface area contributed by atoms with Crippen LogP contribution >= 0.6 is 24.0 Å². The van der Waals surface area contributed by atoms with Crippen LogP contribution in [0.25, 0.3) is 10.9 Å². The number of hydrogen-bond acceptors (Lipinski definition) is 4. The molecule has 2 aromatic carbocycles. The maximum atomic E-state index is 13.6. The molecule has 3 aromatic rings. The molecule has 0 saturated carbocycles. The molecule has 1 heterocycles. The van der Waals surface area contributed by atoms with Crippen LogP contribution in [-0.4, -0.2) is 14.3 Å². The zero-order chi connectivity index (χ0) is 17.8. The lowest BCUT2D eigenvalue weighted by Gasteiger charge is -2.08. The maximum Gasteiger partial charge on any atom is 0.258 e. The number of nitrogens with one attached hydrogen (secondary N) is 2. The van der Waals surface area contributed by atoms with E-state index in [-0.39, 0.29) is 12.1 Å². The van der Waals surface area contributed by atoms with Gasteiger partial charge in [-0.05, 0) is 18.2 Å². The van der Waals surface area contributed by atoms with E-state index < -0.39 is 11.6 Å². The molecule has 0 fully saturated rings. The van der Waals surface area contributed by atoms with Crippen LogP contribution in [0.2, 0.25) is 0 Å². The fraction of sp³-hybridized carbons (Fsp3) is 0.118. The molecule has 0 bridgehead atoms. The Balaban J connectivity index is 1.60. The van der Waals surface area contributed by atoms with Crippen LogP contribution in [0.4, 0.5) is 8.78 Å². The number of aromatic amines is 1. The van der Waals surface area contributed by atoms with Crippen LogP contribution in [0.15, 0.2) is 47.3 Å². The first-order valence-corrected chi connectivity index (χ1v) is 8.75. The predicted molar refractivity (Wildman–Crippen MR) is 99.5 cm³/mol. The van der Waals surface area contributed by atoms with Crippen molar-refractivity contribution in [1.29, 1.82) is 0 Å². The number of halogens is 2. The average molecular weight is 377 g/mol. The molecular weight excluding hydrogens is 364 g/mol. The van der Waals surface area contributed by atoms with Crippen LogP contribution in [0.3, 0.4) is 0 Å². The Bertz CT molecular complexity index is 991. The minimum Gasteiger partial charge on any atom is -0.367 e. The summed E-state index contributed by atoms with van der Waals surface area (Å²) in [5, 5.41) is 3.42. The highest BCUT2D eigenvalue weighted by molar-refractivity contribution is 8.22. The topological polar surface area (TPSA) is 57.8 Å². The monoisotopic (exact) mass is 377 g/mol. The standard InChI is InChI=1S/C17H13F2N3OS2/c18-11-6-5-10(13(19)7-11)8-20-17(24)25-9-15-21-14-4-2-1-3-12(14)16(23)22-15/h1-7H,8-9H2,(H,20,24)(H,21,22,23). The van der Waals surface area contributed by atoms with Gasteiger partial charge in [0.05, 0.1) is 16.7 Å². The van der Waals surface area contributed by atoms with E-state index in [0.29, 0.717) is 32.4 Å². The quantitative estimate of drug-likeness (QED) is 0.682. The van der Waals surface area contributed by atoms with Crippen LogP contribution in [-0.2, 0) is 12.3 Å². The average Bonchev–Trinajstić information content (AvgIpc) is 2.59. The van der Waals surface area contributed by atoms with E-state index in [9.17, 15) is 13.6 Å². The minimum atomic E-state index is -0.624. The van der Waals surface area contributed by atoms with Crippen molar-refractivity contribution in [2.45, 2.75) is 12.3 Å². The van der Waals surface area contributed by atoms with Gasteiger partial charge in [0.2, 0.25) is 0 Å². The number of hydrogen-bond donors (Lipinski definition) is 2. The van der Waals surface area contributed by atoms with Crippen molar-refractivity contribution in [3.63, 3.8) is 0 Å². The normalized spacial score (nSPS) is 10.8. The number of thiocarbonyl (C=S) groups is 1. The smallest absolute Gasteiger partial charge is 0.258 e. The second-order valence-corrected chi connectivity index (χ2v) is 6.85. The molecule has 1 aromatic heterocycles. The first kappa shape index (κ1) is 17.5. The van der Waals surface area contributed by atoms with Crippen molar-refractivity contribution < 1.29 is 8.78 Å². The van der Waals surface area contributed by atoms with E-state index in [1.165, 1.54) is 23.9 Å². The van der Waals surface area contributed by atoms with Crippen molar-refractivity contribution in [3.05, 3.63) is 75.8 Å². The fourth-order valence-electron chi connectivity index (χ4n) is 2.22. The molecule has 0 radical (unpaired) electrons. The number of benzene rings is 2. The van der Waals surface area contributed by atoms with E-state index in [2.05, 4.69) is 15.3 Å². The molecule has 0 saturated heterocycles. The summed E-state index contributed by atoms with van der Waals surface area (Å²) in [6.45, 7) is 0.152. The number of nitrogens with zero attached hydrogens (tertiary/aromatic N) is 1. The van der Waals surface area contributed by atoms with Gasteiger partial charge >= 0.3 is 0 Å². The van der Waals surface area contributed by atoms with Gasteiger partial charge in [-0.3, -0.25) is 4.79 Å². The van der Waals surface area contributed by atoms with Crippen LogP contribution in [0, 0.1) is 11.6 Å². The molecule has 0 aliphatic rings. The highest BCUT2D eigenvalue weighted by atomic mass is 32.2. The number of para-hydroxylation sites is 1. The van der Waals surface area contributed by atoms with Crippen molar-refractivity contribution in [2.24, 2.45) is 0 Å². The second-order valence-electron chi connectivity index (χ2n) is 5.20. The Morgan fingerprint density at radius 1 is 1.24 bits per heavy atom. The Labute approximate surface area is 151 Å². The fourth-order valence-corrected chi connectivity index (χ4v) is 3.05. The molecule has 0 unspecified atom stereocenters. The lowest BCUT2D eigenvalue weighted by Crippen LogP contribution is -2.19. The van der Waals surface area contributed by atoms with Gasteiger partial charge in [-0.1, -0.05) is 42.2 Å². The summed E-state index contributed by atoms with van der Waals surface area (Å²) in [6.07, 6.45) is 0. The summed E-state index contributed by atoms with van der Waals surface area (Å²) >= 11 is 6.45. The third-order valence-electron chi connectivity index (χ3n) is 3.44. The van der Waals surface area contributed by atoms with E-state index in [0.717, 1.165) is 6.07 Å². The third kappa shape index (κ3) is 4.40. The second kappa shape index (κ2) is 7.71. The van der Waals surface area contributed by atoms with E-state index in [1.807, 2.05) is 6.07 Å². The van der Waals surface area contributed by atoms with Crippen LogP contribution in [0.1, 0.15) is 11.4 Å². The summed E-state index contributed by atoms with van der Waals surface area (Å²) in [4.78, 5) is 19.1. The first-order valence-electron chi connectivity index (χ1n) is 7.35. The highest BCUT2D eigenvalue weighted by Gasteiger charge is 2.07. The molecular formula is C17H13F2N3OS2. The third-order valence-corrected chi connectivity index (χ3v) is 4.76. The van der Waals surface area contributed by atoms with Gasteiger partial charge in [0.15, 0.2) is 0 Å². The molecule has 0 amide bonds. The van der Waals surface area contributed by atoms with Crippen LogP contribution in [0.5, 0.6) is 0 Å². The van der Waals surface area contributed by atoms with Gasteiger partial charge < -0.3 is 10.3 Å². The summed E-state index contributed by atoms with van der Waals surface area (Å²) in [5.74, 6) is -0.367. The lowest BCUT2D eigenvalue weighted by molar-refractivity contribution is 0.570. The molecule has 0 aliphatic carbocycles. The Morgan fingerprint density at radius 2 is 2.04 bits per heavy atom. The predicted octanol–water partition coefficient (Wildman–Crippen LogP) is 3.51. The molecule has 25 heavy (non-hydrogen) atoms. The number of fused-ring (bicyclic) bond motifs is 1. The van der Waals surface area contributed by atoms with E-state index in [4.69, 9.17) is 12.2 Å². The number of thioether (sulfide) groups is 1.